The summed E-state index contributed by atoms with van der Waals surface area (Å²) in [6.07, 6.45) is -0.547. The van der Waals surface area contributed by atoms with E-state index < -0.39 is 41.9 Å². The van der Waals surface area contributed by atoms with Crippen LogP contribution in [-0.4, -0.2) is 57.8 Å². The largest absolute Gasteiger partial charge is 0.481 e. The van der Waals surface area contributed by atoms with Gasteiger partial charge >= 0.3 is 11.9 Å². The van der Waals surface area contributed by atoms with E-state index in [0.29, 0.717) is 0 Å². The topological polar surface area (TPSA) is 159 Å². The smallest absolute Gasteiger partial charge is 0.327 e. The second-order valence-electron chi connectivity index (χ2n) is 4.36. The van der Waals surface area contributed by atoms with Crippen molar-refractivity contribution in [1.82, 2.24) is 10.6 Å². The molecule has 0 aromatic rings. The Hall–Kier alpha value is -1.81. The lowest BCUT2D eigenvalue weighted by molar-refractivity contribution is -0.142. The number of amides is 2. The van der Waals surface area contributed by atoms with Crippen LogP contribution in [0.2, 0.25) is 0 Å². The first kappa shape index (κ1) is 19.2. The van der Waals surface area contributed by atoms with Gasteiger partial charge in [0.1, 0.15) is 12.1 Å². The van der Waals surface area contributed by atoms with Crippen LogP contribution in [0.4, 0.5) is 0 Å². The minimum Gasteiger partial charge on any atom is -0.481 e. The van der Waals surface area contributed by atoms with E-state index in [1.165, 1.54) is 6.92 Å². The molecule has 0 aromatic heterocycles. The summed E-state index contributed by atoms with van der Waals surface area (Å²) in [4.78, 5) is 44.8. The van der Waals surface area contributed by atoms with Gasteiger partial charge < -0.3 is 26.6 Å². The standard InChI is InChI=1S/C11H19N3O6S/c1-5(12)9(17)13-6(2-3-8(15)16)10(18)14-7(4-21)11(19)20/h5-7,21H,2-4,12H2,1H3,(H,13,17)(H,14,18)(H,15,16)(H,19,20). The summed E-state index contributed by atoms with van der Waals surface area (Å²) in [6.45, 7) is 1.40. The van der Waals surface area contributed by atoms with Gasteiger partial charge in [0.2, 0.25) is 11.8 Å². The predicted molar refractivity (Wildman–Crippen MR) is 75.9 cm³/mol. The van der Waals surface area contributed by atoms with Gasteiger partial charge in [0.05, 0.1) is 6.04 Å². The predicted octanol–water partition coefficient (Wildman–Crippen LogP) is -1.82. The van der Waals surface area contributed by atoms with Crippen molar-refractivity contribution in [2.24, 2.45) is 5.73 Å². The number of carboxylic acids is 2. The third-order valence-electron chi connectivity index (χ3n) is 2.49. The molecular weight excluding hydrogens is 302 g/mol. The molecule has 0 saturated heterocycles. The zero-order valence-electron chi connectivity index (χ0n) is 11.4. The second-order valence-corrected chi connectivity index (χ2v) is 4.73. The molecule has 10 heteroatoms. The average Bonchev–Trinajstić information content (AvgIpc) is 2.39. The molecule has 0 bridgehead atoms. The second kappa shape index (κ2) is 9.19. The summed E-state index contributed by atoms with van der Waals surface area (Å²) in [5.41, 5.74) is 5.35. The first-order valence-corrected chi connectivity index (χ1v) is 6.74. The van der Waals surface area contributed by atoms with Gasteiger partial charge in [0.25, 0.3) is 0 Å². The molecule has 0 aliphatic carbocycles. The average molecular weight is 321 g/mol. The number of nitrogens with one attached hydrogen (secondary N) is 2. The SMILES string of the molecule is CC(N)C(=O)NC(CCC(=O)O)C(=O)NC(CS)C(=O)O. The summed E-state index contributed by atoms with van der Waals surface area (Å²) in [6, 6.07) is -3.30. The van der Waals surface area contributed by atoms with E-state index in [2.05, 4.69) is 23.3 Å². The van der Waals surface area contributed by atoms with Gasteiger partial charge in [-0.2, -0.15) is 12.6 Å². The first-order chi connectivity index (χ1) is 9.68. The lowest BCUT2D eigenvalue weighted by Crippen LogP contribution is -2.54. The summed E-state index contributed by atoms with van der Waals surface area (Å²) in [7, 11) is 0. The Morgan fingerprint density at radius 3 is 2.00 bits per heavy atom. The molecule has 21 heavy (non-hydrogen) atoms. The molecule has 0 radical (unpaired) electrons. The Bertz CT molecular complexity index is 415. The third kappa shape index (κ3) is 7.51. The van der Waals surface area contributed by atoms with Crippen molar-refractivity contribution in [2.75, 3.05) is 5.75 Å². The highest BCUT2D eigenvalue weighted by Crippen LogP contribution is 2.01. The van der Waals surface area contributed by atoms with Crippen LogP contribution in [0, 0.1) is 0 Å². The number of thiol groups is 1. The van der Waals surface area contributed by atoms with Crippen LogP contribution in [0.3, 0.4) is 0 Å². The number of hydrogen-bond acceptors (Lipinski definition) is 6. The van der Waals surface area contributed by atoms with Crippen molar-refractivity contribution in [3.63, 3.8) is 0 Å². The van der Waals surface area contributed by atoms with Crippen LogP contribution < -0.4 is 16.4 Å². The summed E-state index contributed by atoms with van der Waals surface area (Å²) in [5.74, 6) is -4.01. The fourth-order valence-electron chi connectivity index (χ4n) is 1.30. The van der Waals surface area contributed by atoms with Crippen molar-refractivity contribution >= 4 is 36.4 Å². The van der Waals surface area contributed by atoms with Crippen molar-refractivity contribution < 1.29 is 29.4 Å². The summed E-state index contributed by atoms with van der Waals surface area (Å²) in [5, 5.41) is 21.9. The van der Waals surface area contributed by atoms with Gasteiger partial charge in [0, 0.05) is 12.2 Å². The molecule has 0 aromatic carbocycles. The van der Waals surface area contributed by atoms with Crippen molar-refractivity contribution in [1.29, 1.82) is 0 Å². The molecular formula is C11H19N3O6S. The Labute approximate surface area is 126 Å². The van der Waals surface area contributed by atoms with Gasteiger partial charge in [-0.05, 0) is 13.3 Å². The molecule has 0 heterocycles. The Morgan fingerprint density at radius 1 is 1.10 bits per heavy atom. The van der Waals surface area contributed by atoms with Gasteiger partial charge in [-0.3, -0.25) is 14.4 Å². The molecule has 6 N–H and O–H groups in total. The highest BCUT2D eigenvalue weighted by Gasteiger charge is 2.26. The summed E-state index contributed by atoms with van der Waals surface area (Å²) < 4.78 is 0. The number of carbonyl (C=O) groups is 4. The zero-order chi connectivity index (χ0) is 16.6. The van der Waals surface area contributed by atoms with E-state index in [-0.39, 0.29) is 18.6 Å². The monoisotopic (exact) mass is 321 g/mol. The van der Waals surface area contributed by atoms with E-state index in [9.17, 15) is 19.2 Å². The fraction of sp³-hybridized carbons (Fsp3) is 0.636. The van der Waals surface area contributed by atoms with Gasteiger partial charge in [-0.15, -0.1) is 0 Å². The molecule has 0 fully saturated rings. The van der Waals surface area contributed by atoms with E-state index in [1.807, 2.05) is 0 Å². The highest BCUT2D eigenvalue weighted by molar-refractivity contribution is 7.80. The lowest BCUT2D eigenvalue weighted by atomic mass is 10.1. The van der Waals surface area contributed by atoms with E-state index >= 15 is 0 Å². The normalized spacial score (nSPS) is 14.6. The van der Waals surface area contributed by atoms with Gasteiger partial charge in [-0.25, -0.2) is 4.79 Å². The first-order valence-electron chi connectivity index (χ1n) is 6.10. The quantitative estimate of drug-likeness (QED) is 0.273. The third-order valence-corrected chi connectivity index (χ3v) is 2.86. The number of hydrogen-bond donors (Lipinski definition) is 6. The van der Waals surface area contributed by atoms with Crippen LogP contribution >= 0.6 is 12.6 Å². The van der Waals surface area contributed by atoms with Crippen molar-refractivity contribution in [3.8, 4) is 0 Å². The molecule has 0 aliphatic heterocycles. The zero-order valence-corrected chi connectivity index (χ0v) is 12.3. The molecule has 0 aliphatic rings. The van der Waals surface area contributed by atoms with Crippen LogP contribution in [0.25, 0.3) is 0 Å². The number of carbonyl (C=O) groups excluding carboxylic acids is 2. The Morgan fingerprint density at radius 2 is 1.62 bits per heavy atom. The molecule has 0 rings (SSSR count). The van der Waals surface area contributed by atoms with Crippen molar-refractivity contribution in [3.05, 3.63) is 0 Å². The van der Waals surface area contributed by atoms with E-state index in [1.54, 1.807) is 0 Å². The highest BCUT2D eigenvalue weighted by atomic mass is 32.1. The molecule has 3 atom stereocenters. The molecule has 3 unspecified atom stereocenters. The maximum absolute atomic E-state index is 11.9. The van der Waals surface area contributed by atoms with Crippen LogP contribution in [0.1, 0.15) is 19.8 Å². The van der Waals surface area contributed by atoms with Crippen LogP contribution in [0.5, 0.6) is 0 Å². The fourth-order valence-corrected chi connectivity index (χ4v) is 1.55. The maximum atomic E-state index is 11.9. The lowest BCUT2D eigenvalue weighted by Gasteiger charge is -2.21. The number of carboxylic acid groups (broad SMARTS) is 2. The molecule has 0 spiro atoms. The van der Waals surface area contributed by atoms with Crippen LogP contribution in [0.15, 0.2) is 0 Å². The maximum Gasteiger partial charge on any atom is 0.327 e. The Kier molecular flexibility index (Phi) is 8.39. The number of rotatable bonds is 9. The van der Waals surface area contributed by atoms with Crippen LogP contribution in [-0.2, 0) is 19.2 Å². The number of nitrogens with two attached hydrogens (primary N) is 1. The van der Waals surface area contributed by atoms with E-state index in [0.717, 1.165) is 0 Å². The van der Waals surface area contributed by atoms with Gasteiger partial charge in [0.15, 0.2) is 0 Å². The van der Waals surface area contributed by atoms with E-state index in [4.69, 9.17) is 15.9 Å². The Balaban J connectivity index is 4.83. The molecule has 2 amide bonds. The minimum absolute atomic E-state index is 0.145. The summed E-state index contributed by atoms with van der Waals surface area (Å²) >= 11 is 3.79. The molecule has 0 saturated carbocycles. The molecule has 9 nitrogen and oxygen atoms in total. The minimum atomic E-state index is -1.28. The van der Waals surface area contributed by atoms with Gasteiger partial charge in [-0.1, -0.05) is 0 Å². The van der Waals surface area contributed by atoms with Crippen molar-refractivity contribution in [2.45, 2.75) is 37.9 Å². The number of aliphatic carboxylic acids is 2. The molecule has 120 valence electrons.